The average Bonchev–Trinajstić information content (AvgIpc) is 2.39. The monoisotopic (exact) mass is 332 g/mol. The minimum atomic E-state index is -0.546. The fourth-order valence-corrected chi connectivity index (χ4v) is 2.49. The Morgan fingerprint density at radius 3 is 2.84 bits per heavy atom. The molecule has 1 unspecified atom stereocenters. The molecule has 0 radical (unpaired) electrons. The van der Waals surface area contributed by atoms with Gasteiger partial charge in [-0.3, -0.25) is 4.90 Å². The lowest BCUT2D eigenvalue weighted by molar-refractivity contribution is 0.0638. The summed E-state index contributed by atoms with van der Waals surface area (Å²) < 4.78 is 19.0. The van der Waals surface area contributed by atoms with E-state index in [0.29, 0.717) is 16.8 Å². The number of hydrogen-bond acceptors (Lipinski definition) is 4. The molecule has 0 bridgehead atoms. The molecule has 1 fully saturated rings. The van der Waals surface area contributed by atoms with Crippen LogP contribution >= 0.6 is 15.9 Å². The Balaban J connectivity index is 1.77. The summed E-state index contributed by atoms with van der Waals surface area (Å²) >= 11 is 3.23. The Bertz CT molecular complexity index is 414. The number of nitrogens with zero attached hydrogens (tertiary/aromatic N) is 1. The third kappa shape index (κ3) is 4.72. The predicted molar refractivity (Wildman–Crippen MR) is 74.9 cm³/mol. The second kappa shape index (κ2) is 7.19. The van der Waals surface area contributed by atoms with Crippen LogP contribution in [-0.2, 0) is 0 Å². The van der Waals surface area contributed by atoms with Gasteiger partial charge in [-0.05, 0) is 34.1 Å². The van der Waals surface area contributed by atoms with E-state index in [0.717, 1.165) is 26.2 Å². The van der Waals surface area contributed by atoms with Gasteiger partial charge in [0.15, 0.2) is 0 Å². The van der Waals surface area contributed by atoms with Crippen molar-refractivity contribution in [3.05, 3.63) is 28.5 Å². The molecule has 0 spiro atoms. The molecule has 0 saturated carbocycles. The zero-order chi connectivity index (χ0) is 13.7. The van der Waals surface area contributed by atoms with Crippen molar-refractivity contribution in [2.24, 2.45) is 0 Å². The zero-order valence-electron chi connectivity index (χ0n) is 10.6. The van der Waals surface area contributed by atoms with Gasteiger partial charge in [0.05, 0.1) is 4.47 Å². The first-order chi connectivity index (χ1) is 9.15. The summed E-state index contributed by atoms with van der Waals surface area (Å²) in [6.07, 6.45) is -0.546. The lowest BCUT2D eigenvalue weighted by Gasteiger charge is -2.29. The van der Waals surface area contributed by atoms with E-state index in [-0.39, 0.29) is 12.4 Å². The van der Waals surface area contributed by atoms with Crippen LogP contribution in [-0.4, -0.2) is 55.4 Å². The van der Waals surface area contributed by atoms with E-state index < -0.39 is 6.10 Å². The van der Waals surface area contributed by atoms with Crippen molar-refractivity contribution in [1.29, 1.82) is 0 Å². The Morgan fingerprint density at radius 1 is 1.42 bits per heavy atom. The number of nitrogens with one attached hydrogen (secondary N) is 1. The topological polar surface area (TPSA) is 44.7 Å². The highest BCUT2D eigenvalue weighted by molar-refractivity contribution is 9.10. The van der Waals surface area contributed by atoms with E-state index in [1.54, 1.807) is 6.07 Å². The van der Waals surface area contributed by atoms with Gasteiger partial charge in [-0.2, -0.15) is 0 Å². The smallest absolute Gasteiger partial charge is 0.133 e. The second-order valence-corrected chi connectivity index (χ2v) is 5.44. The maximum Gasteiger partial charge on any atom is 0.133 e. The Morgan fingerprint density at radius 2 is 2.16 bits per heavy atom. The molecule has 0 aromatic heterocycles. The van der Waals surface area contributed by atoms with Crippen molar-refractivity contribution in [1.82, 2.24) is 10.2 Å². The van der Waals surface area contributed by atoms with Gasteiger partial charge in [-0.1, -0.05) is 0 Å². The number of rotatable bonds is 5. The summed E-state index contributed by atoms with van der Waals surface area (Å²) in [4.78, 5) is 2.20. The molecular weight excluding hydrogens is 315 g/mol. The van der Waals surface area contributed by atoms with Gasteiger partial charge in [-0.15, -0.1) is 0 Å². The van der Waals surface area contributed by atoms with E-state index in [4.69, 9.17) is 4.74 Å². The van der Waals surface area contributed by atoms with E-state index in [2.05, 4.69) is 26.1 Å². The van der Waals surface area contributed by atoms with E-state index >= 15 is 0 Å². The maximum absolute atomic E-state index is 12.9. The molecule has 6 heteroatoms. The number of piperazine rings is 1. The highest BCUT2D eigenvalue weighted by atomic mass is 79.9. The largest absolute Gasteiger partial charge is 0.490 e. The van der Waals surface area contributed by atoms with Crippen LogP contribution in [0.2, 0.25) is 0 Å². The van der Waals surface area contributed by atoms with Gasteiger partial charge in [0.2, 0.25) is 0 Å². The number of benzene rings is 1. The fourth-order valence-electron chi connectivity index (χ4n) is 2.02. The first-order valence-electron chi connectivity index (χ1n) is 6.34. The van der Waals surface area contributed by atoms with Crippen LogP contribution < -0.4 is 10.1 Å². The molecule has 0 aliphatic carbocycles. The van der Waals surface area contributed by atoms with Crippen LogP contribution in [0.1, 0.15) is 0 Å². The molecule has 1 aliphatic heterocycles. The predicted octanol–water partition coefficient (Wildman–Crippen LogP) is 1.23. The van der Waals surface area contributed by atoms with Crippen molar-refractivity contribution in [3.8, 4) is 5.75 Å². The molecule has 1 aliphatic rings. The van der Waals surface area contributed by atoms with Gasteiger partial charge >= 0.3 is 0 Å². The van der Waals surface area contributed by atoms with Crippen molar-refractivity contribution in [2.45, 2.75) is 6.10 Å². The van der Waals surface area contributed by atoms with Crippen molar-refractivity contribution in [3.63, 3.8) is 0 Å². The van der Waals surface area contributed by atoms with E-state index in [9.17, 15) is 9.50 Å². The van der Waals surface area contributed by atoms with Crippen LogP contribution in [0.15, 0.2) is 22.7 Å². The van der Waals surface area contributed by atoms with Gasteiger partial charge in [0.1, 0.15) is 24.3 Å². The number of β-amino-alcohol motifs (C(OH)–C–C–N with tert-alkyl or cyclic N) is 1. The number of aliphatic hydroxyl groups is 1. The number of halogens is 2. The van der Waals surface area contributed by atoms with Crippen molar-refractivity contribution >= 4 is 15.9 Å². The molecule has 19 heavy (non-hydrogen) atoms. The second-order valence-electron chi connectivity index (χ2n) is 4.59. The van der Waals surface area contributed by atoms with E-state index in [1.807, 2.05) is 0 Å². The zero-order valence-corrected chi connectivity index (χ0v) is 12.2. The molecular formula is C13H18BrFN2O2. The molecule has 4 nitrogen and oxygen atoms in total. The van der Waals surface area contributed by atoms with Crippen LogP contribution in [0.5, 0.6) is 5.75 Å². The third-order valence-corrected chi connectivity index (χ3v) is 3.62. The normalized spacial score (nSPS) is 18.3. The minimum absolute atomic E-state index is 0.203. The summed E-state index contributed by atoms with van der Waals surface area (Å²) in [6, 6.07) is 4.23. The lowest BCUT2D eigenvalue weighted by atomic mass is 10.3. The quantitative estimate of drug-likeness (QED) is 0.851. The van der Waals surface area contributed by atoms with Gasteiger partial charge in [-0.25, -0.2) is 4.39 Å². The summed E-state index contributed by atoms with van der Waals surface area (Å²) in [5, 5.41) is 13.2. The number of ether oxygens (including phenoxy) is 1. The van der Waals surface area contributed by atoms with Crippen molar-refractivity contribution in [2.75, 3.05) is 39.3 Å². The summed E-state index contributed by atoms with van der Waals surface area (Å²) in [6.45, 7) is 4.59. The van der Waals surface area contributed by atoms with Gasteiger partial charge in [0.25, 0.3) is 0 Å². The molecule has 2 rings (SSSR count). The fraction of sp³-hybridized carbons (Fsp3) is 0.538. The number of hydrogen-bond donors (Lipinski definition) is 2. The number of aliphatic hydroxyl groups excluding tert-OH is 1. The minimum Gasteiger partial charge on any atom is -0.490 e. The lowest BCUT2D eigenvalue weighted by Crippen LogP contribution is -2.47. The Labute approximate surface area is 120 Å². The van der Waals surface area contributed by atoms with Crippen LogP contribution in [0.4, 0.5) is 4.39 Å². The summed E-state index contributed by atoms with van der Waals surface area (Å²) in [5.41, 5.74) is 0. The standard InChI is InChI=1S/C13H18BrFN2O2/c14-12-7-10(15)1-2-13(12)19-9-11(18)8-17-5-3-16-4-6-17/h1-2,7,11,16,18H,3-6,8-9H2. The Kier molecular flexibility index (Phi) is 5.57. The van der Waals surface area contributed by atoms with Crippen LogP contribution in [0, 0.1) is 5.82 Å². The molecule has 0 amide bonds. The molecule has 1 atom stereocenters. The molecule has 106 valence electrons. The van der Waals surface area contributed by atoms with Crippen molar-refractivity contribution < 1.29 is 14.2 Å². The first kappa shape index (κ1) is 14.7. The van der Waals surface area contributed by atoms with Gasteiger partial charge < -0.3 is 15.2 Å². The highest BCUT2D eigenvalue weighted by Crippen LogP contribution is 2.25. The molecule has 1 heterocycles. The highest BCUT2D eigenvalue weighted by Gasteiger charge is 2.15. The summed E-state index contributed by atoms with van der Waals surface area (Å²) in [7, 11) is 0. The first-order valence-corrected chi connectivity index (χ1v) is 7.13. The molecule has 2 N–H and O–H groups in total. The van der Waals surface area contributed by atoms with E-state index in [1.165, 1.54) is 12.1 Å². The van der Waals surface area contributed by atoms with Crippen LogP contribution in [0.3, 0.4) is 0 Å². The third-order valence-electron chi connectivity index (χ3n) is 3.00. The van der Waals surface area contributed by atoms with Crippen LogP contribution in [0.25, 0.3) is 0 Å². The van der Waals surface area contributed by atoms with Gasteiger partial charge in [0, 0.05) is 32.7 Å². The average molecular weight is 333 g/mol. The summed E-state index contributed by atoms with van der Waals surface area (Å²) in [5.74, 6) is 0.223. The maximum atomic E-state index is 12.9. The Hall–Kier alpha value is -0.690. The molecule has 1 aromatic rings. The SMILES string of the molecule is OC(COc1ccc(F)cc1Br)CN1CCNCC1. The molecule has 1 saturated heterocycles. The molecule has 1 aromatic carbocycles.